The van der Waals surface area contributed by atoms with Gasteiger partial charge >= 0.3 is 0 Å². The van der Waals surface area contributed by atoms with Crippen LogP contribution in [0.25, 0.3) is 0 Å². The quantitative estimate of drug-likeness (QED) is 0.751. The van der Waals surface area contributed by atoms with Gasteiger partial charge in [0.2, 0.25) is 5.91 Å². The zero-order valence-electron chi connectivity index (χ0n) is 8.16. The topological polar surface area (TPSA) is 46.3 Å². The van der Waals surface area contributed by atoms with E-state index in [1.807, 2.05) is 4.90 Å². The summed E-state index contributed by atoms with van der Waals surface area (Å²) in [7, 11) is 0. The highest BCUT2D eigenvalue weighted by Gasteiger charge is 2.25. The van der Waals surface area contributed by atoms with E-state index in [1.165, 1.54) is 0 Å². The number of hydrogen-bond donors (Lipinski definition) is 1. The van der Waals surface area contributed by atoms with Crippen molar-refractivity contribution in [3.63, 3.8) is 0 Å². The maximum atomic E-state index is 11.3. The molecule has 1 rings (SSSR count). The fourth-order valence-corrected chi connectivity index (χ4v) is 1.83. The van der Waals surface area contributed by atoms with E-state index >= 15 is 0 Å². The third-order valence-electron chi connectivity index (χ3n) is 2.52. The second kappa shape index (κ2) is 6.22. The van der Waals surface area contributed by atoms with E-state index in [-0.39, 0.29) is 12.4 Å². The number of rotatable bonds is 4. The molecular weight excluding hydrogens is 188 g/mol. The summed E-state index contributed by atoms with van der Waals surface area (Å²) in [6.07, 6.45) is 3.74. The molecule has 0 aromatic rings. The number of nitrogens with zero attached hydrogens (tertiary/aromatic N) is 1. The van der Waals surface area contributed by atoms with Crippen LogP contribution in [0.15, 0.2) is 0 Å². The van der Waals surface area contributed by atoms with Crippen LogP contribution in [0.3, 0.4) is 0 Å². The molecule has 0 radical (unpaired) electrons. The molecule has 0 spiro atoms. The molecule has 1 amide bonds. The predicted molar refractivity (Wildman–Crippen MR) is 55.9 cm³/mol. The molecule has 1 aliphatic heterocycles. The zero-order valence-corrected chi connectivity index (χ0v) is 8.98. The molecule has 2 N–H and O–H groups in total. The summed E-state index contributed by atoms with van der Waals surface area (Å²) in [6, 6.07) is 0.394. The predicted octanol–water partition coefficient (Wildman–Crippen LogP) is 1.16. The first-order valence-corrected chi connectivity index (χ1v) is 4.79. The molecule has 1 saturated heterocycles. The number of nitrogens with two attached hydrogens (primary N) is 1. The number of halogens is 1. The van der Waals surface area contributed by atoms with Gasteiger partial charge in [0.05, 0.1) is 0 Å². The van der Waals surface area contributed by atoms with Crippen LogP contribution in [-0.2, 0) is 4.79 Å². The molecule has 13 heavy (non-hydrogen) atoms. The summed E-state index contributed by atoms with van der Waals surface area (Å²) < 4.78 is 0. The van der Waals surface area contributed by atoms with Gasteiger partial charge in [0.15, 0.2) is 0 Å². The van der Waals surface area contributed by atoms with E-state index in [0.717, 1.165) is 32.2 Å². The second-order valence-electron chi connectivity index (χ2n) is 3.33. The Morgan fingerprint density at radius 2 is 2.31 bits per heavy atom. The molecule has 1 unspecified atom stereocenters. The summed E-state index contributed by atoms with van der Waals surface area (Å²) in [4.78, 5) is 13.3. The average molecular weight is 207 g/mol. The van der Waals surface area contributed by atoms with Gasteiger partial charge in [-0.1, -0.05) is 6.92 Å². The van der Waals surface area contributed by atoms with Crippen molar-refractivity contribution in [3.8, 4) is 0 Å². The lowest BCUT2D eigenvalue weighted by Crippen LogP contribution is -2.37. The number of carbonyl (C=O) groups excluding carboxylic acids is 1. The molecular formula is C9H19ClN2O. The Labute approximate surface area is 86.1 Å². The Bertz CT molecular complexity index is 164. The molecule has 78 valence electrons. The van der Waals surface area contributed by atoms with E-state index in [0.29, 0.717) is 18.5 Å². The Morgan fingerprint density at radius 1 is 1.62 bits per heavy atom. The van der Waals surface area contributed by atoms with Crippen molar-refractivity contribution in [1.29, 1.82) is 0 Å². The first kappa shape index (κ1) is 12.7. The molecule has 0 aromatic heterocycles. The summed E-state index contributed by atoms with van der Waals surface area (Å²) >= 11 is 0. The fourth-order valence-electron chi connectivity index (χ4n) is 1.83. The van der Waals surface area contributed by atoms with Gasteiger partial charge in [-0.25, -0.2) is 0 Å². The molecule has 1 aliphatic rings. The van der Waals surface area contributed by atoms with E-state index in [9.17, 15) is 4.79 Å². The van der Waals surface area contributed by atoms with Crippen molar-refractivity contribution in [2.24, 2.45) is 5.73 Å². The summed E-state index contributed by atoms with van der Waals surface area (Å²) in [5.41, 5.74) is 5.48. The lowest BCUT2D eigenvalue weighted by atomic mass is 10.1. The minimum Gasteiger partial charge on any atom is -0.340 e. The first-order valence-electron chi connectivity index (χ1n) is 4.79. The minimum atomic E-state index is 0. The summed E-state index contributed by atoms with van der Waals surface area (Å²) in [6.45, 7) is 3.74. The normalized spacial score (nSPS) is 18.6. The van der Waals surface area contributed by atoms with Crippen molar-refractivity contribution in [2.45, 2.75) is 38.6 Å². The van der Waals surface area contributed by atoms with Gasteiger partial charge in [0, 0.05) is 19.0 Å². The van der Waals surface area contributed by atoms with Gasteiger partial charge in [-0.15, -0.1) is 12.4 Å². The zero-order chi connectivity index (χ0) is 8.97. The average Bonchev–Trinajstić information content (AvgIpc) is 2.47. The second-order valence-corrected chi connectivity index (χ2v) is 3.33. The molecule has 1 fully saturated rings. The van der Waals surface area contributed by atoms with Crippen molar-refractivity contribution < 1.29 is 4.79 Å². The van der Waals surface area contributed by atoms with Crippen molar-refractivity contribution in [1.82, 2.24) is 4.90 Å². The lowest BCUT2D eigenvalue weighted by Gasteiger charge is -2.26. The van der Waals surface area contributed by atoms with Crippen LogP contribution in [0.2, 0.25) is 0 Å². The standard InChI is InChI=1S/C9H18N2O.ClH/c1-2-8(5-6-10)11-7-3-4-9(11)12;/h8H,2-7,10H2,1H3;1H. The van der Waals surface area contributed by atoms with E-state index in [1.54, 1.807) is 0 Å². The van der Waals surface area contributed by atoms with Crippen LogP contribution < -0.4 is 5.73 Å². The fraction of sp³-hybridized carbons (Fsp3) is 0.889. The number of carbonyl (C=O) groups is 1. The highest BCUT2D eigenvalue weighted by molar-refractivity contribution is 5.85. The smallest absolute Gasteiger partial charge is 0.222 e. The maximum absolute atomic E-state index is 11.3. The molecule has 0 aliphatic carbocycles. The third kappa shape index (κ3) is 3.16. The highest BCUT2D eigenvalue weighted by atomic mass is 35.5. The van der Waals surface area contributed by atoms with Gasteiger partial charge in [-0.2, -0.15) is 0 Å². The SMILES string of the molecule is CCC(CCN)N1CCCC1=O.Cl. The van der Waals surface area contributed by atoms with Crippen LogP contribution in [0.1, 0.15) is 32.6 Å². The number of amides is 1. The van der Waals surface area contributed by atoms with Crippen LogP contribution in [-0.4, -0.2) is 29.9 Å². The maximum Gasteiger partial charge on any atom is 0.222 e. The summed E-state index contributed by atoms with van der Waals surface area (Å²) in [5.74, 6) is 0.315. The Morgan fingerprint density at radius 3 is 2.69 bits per heavy atom. The molecule has 4 heteroatoms. The Hall–Kier alpha value is -0.280. The van der Waals surface area contributed by atoms with E-state index < -0.39 is 0 Å². The Balaban J connectivity index is 0.00000144. The van der Waals surface area contributed by atoms with E-state index in [4.69, 9.17) is 5.73 Å². The van der Waals surface area contributed by atoms with Crippen LogP contribution in [0, 0.1) is 0 Å². The van der Waals surface area contributed by atoms with Crippen LogP contribution in [0.4, 0.5) is 0 Å². The molecule has 3 nitrogen and oxygen atoms in total. The largest absolute Gasteiger partial charge is 0.340 e. The number of likely N-dealkylation sites (tertiary alicyclic amines) is 1. The van der Waals surface area contributed by atoms with Crippen molar-refractivity contribution >= 4 is 18.3 Å². The van der Waals surface area contributed by atoms with Gasteiger partial charge in [-0.05, 0) is 25.8 Å². The van der Waals surface area contributed by atoms with E-state index in [2.05, 4.69) is 6.92 Å². The first-order chi connectivity index (χ1) is 5.79. The molecule has 1 atom stereocenters. The lowest BCUT2D eigenvalue weighted by molar-refractivity contribution is -0.129. The van der Waals surface area contributed by atoms with Crippen LogP contribution in [0.5, 0.6) is 0 Å². The van der Waals surface area contributed by atoms with Gasteiger partial charge in [-0.3, -0.25) is 4.79 Å². The van der Waals surface area contributed by atoms with Crippen molar-refractivity contribution in [2.75, 3.05) is 13.1 Å². The summed E-state index contributed by atoms with van der Waals surface area (Å²) in [5, 5.41) is 0. The molecule has 0 bridgehead atoms. The third-order valence-corrected chi connectivity index (χ3v) is 2.52. The Kier molecular flexibility index (Phi) is 6.08. The highest BCUT2D eigenvalue weighted by Crippen LogP contribution is 2.17. The van der Waals surface area contributed by atoms with Gasteiger partial charge in [0.25, 0.3) is 0 Å². The van der Waals surface area contributed by atoms with Crippen LogP contribution >= 0.6 is 12.4 Å². The molecule has 0 aromatic carbocycles. The van der Waals surface area contributed by atoms with Gasteiger partial charge < -0.3 is 10.6 Å². The molecule has 1 heterocycles. The molecule has 0 saturated carbocycles. The minimum absolute atomic E-state index is 0. The monoisotopic (exact) mass is 206 g/mol. The van der Waals surface area contributed by atoms with Crippen molar-refractivity contribution in [3.05, 3.63) is 0 Å². The van der Waals surface area contributed by atoms with Gasteiger partial charge in [0.1, 0.15) is 0 Å². The number of hydrogen-bond acceptors (Lipinski definition) is 2.